The first-order valence-corrected chi connectivity index (χ1v) is 10.8. The Bertz CT molecular complexity index is 1130. The van der Waals surface area contributed by atoms with Gasteiger partial charge < -0.3 is 14.8 Å². The Morgan fingerprint density at radius 1 is 1.03 bits per heavy atom. The maximum atomic E-state index is 13.7. The summed E-state index contributed by atoms with van der Waals surface area (Å²) in [4.78, 5) is 31.5. The Labute approximate surface area is 188 Å². The fourth-order valence-corrected chi connectivity index (χ4v) is 4.76. The number of aliphatic imine (C=N–C) groups is 1. The van der Waals surface area contributed by atoms with Crippen molar-refractivity contribution in [2.45, 2.75) is 39.0 Å². The van der Waals surface area contributed by atoms with Crippen molar-refractivity contribution in [3.8, 4) is 11.5 Å². The average Bonchev–Trinajstić information content (AvgIpc) is 2.79. The van der Waals surface area contributed by atoms with E-state index in [9.17, 15) is 9.59 Å². The topological polar surface area (TPSA) is 77.0 Å². The number of ketones is 1. The molecule has 2 atom stereocenters. The number of anilines is 1. The van der Waals surface area contributed by atoms with Crippen molar-refractivity contribution in [3.63, 3.8) is 0 Å². The van der Waals surface area contributed by atoms with Gasteiger partial charge in [-0.15, -0.1) is 0 Å². The van der Waals surface area contributed by atoms with Crippen LogP contribution >= 0.6 is 0 Å². The van der Waals surface area contributed by atoms with Crippen molar-refractivity contribution in [1.82, 2.24) is 0 Å². The first-order valence-electron chi connectivity index (χ1n) is 10.8. The van der Waals surface area contributed by atoms with E-state index in [0.29, 0.717) is 29.2 Å². The standard InChI is InChI=1S/C26H28N2O4/c1-15-9-5-6-11-18(15)28-26(30)22-16(2)27-19-12-8-13-20(29)24(19)23(22)17-10-7-14-21(31-3)25(17)32-4/h5-7,9-11,14,22-23H,8,12-13H2,1-4H3,(H,28,30)/t22?,23-/m0/s1. The summed E-state index contributed by atoms with van der Waals surface area (Å²) in [6.07, 6.45) is 1.96. The summed E-state index contributed by atoms with van der Waals surface area (Å²) >= 11 is 0. The lowest BCUT2D eigenvalue weighted by Crippen LogP contribution is -2.39. The van der Waals surface area contributed by atoms with Crippen LogP contribution in [0.15, 0.2) is 58.7 Å². The number of Topliss-reactive ketones (excluding diaryl/α,β-unsaturated/α-hetero) is 1. The van der Waals surface area contributed by atoms with Crippen LogP contribution in [0, 0.1) is 12.8 Å². The third-order valence-electron chi connectivity index (χ3n) is 6.29. The number of carbonyl (C=O) groups excluding carboxylic acids is 2. The number of methoxy groups -OCH3 is 2. The summed E-state index contributed by atoms with van der Waals surface area (Å²) in [6, 6.07) is 13.2. The van der Waals surface area contributed by atoms with Crippen LogP contribution in [-0.4, -0.2) is 31.6 Å². The highest BCUT2D eigenvalue weighted by Crippen LogP contribution is 2.48. The molecule has 1 unspecified atom stereocenters. The molecule has 1 aliphatic heterocycles. The van der Waals surface area contributed by atoms with E-state index < -0.39 is 11.8 Å². The lowest BCUT2D eigenvalue weighted by Gasteiger charge is -2.35. The number of hydrogen-bond donors (Lipinski definition) is 1. The smallest absolute Gasteiger partial charge is 0.234 e. The molecule has 1 aliphatic carbocycles. The van der Waals surface area contributed by atoms with E-state index in [1.165, 1.54) is 0 Å². The Hall–Kier alpha value is -3.41. The molecule has 0 spiro atoms. The summed E-state index contributed by atoms with van der Waals surface area (Å²) in [5.41, 5.74) is 4.58. The molecular formula is C26H28N2O4. The van der Waals surface area contributed by atoms with Crippen LogP contribution in [0.4, 0.5) is 5.69 Å². The monoisotopic (exact) mass is 432 g/mol. The number of amides is 1. The summed E-state index contributed by atoms with van der Waals surface area (Å²) in [5, 5.41) is 3.06. The molecule has 0 radical (unpaired) electrons. The molecule has 32 heavy (non-hydrogen) atoms. The van der Waals surface area contributed by atoms with Crippen molar-refractivity contribution in [1.29, 1.82) is 0 Å². The van der Waals surface area contributed by atoms with E-state index >= 15 is 0 Å². The molecule has 6 nitrogen and oxygen atoms in total. The number of benzene rings is 2. The number of nitrogens with zero attached hydrogens (tertiary/aromatic N) is 1. The molecule has 0 saturated carbocycles. The number of allylic oxidation sites excluding steroid dienone is 2. The average molecular weight is 433 g/mol. The zero-order chi connectivity index (χ0) is 22.8. The number of hydrogen-bond acceptors (Lipinski definition) is 5. The van der Waals surface area contributed by atoms with Gasteiger partial charge in [-0.1, -0.05) is 30.3 Å². The van der Waals surface area contributed by atoms with Gasteiger partial charge in [0.25, 0.3) is 0 Å². The van der Waals surface area contributed by atoms with E-state index in [2.05, 4.69) is 5.32 Å². The van der Waals surface area contributed by atoms with E-state index in [1.54, 1.807) is 14.2 Å². The van der Waals surface area contributed by atoms with Crippen molar-refractivity contribution in [3.05, 3.63) is 64.9 Å². The highest BCUT2D eigenvalue weighted by atomic mass is 16.5. The van der Waals surface area contributed by atoms with Gasteiger partial charge in [-0.05, 0) is 44.4 Å². The minimum absolute atomic E-state index is 0.0473. The fraction of sp³-hybridized carbons (Fsp3) is 0.346. The summed E-state index contributed by atoms with van der Waals surface area (Å²) < 4.78 is 11.2. The van der Waals surface area contributed by atoms with Gasteiger partial charge in [0.05, 0.1) is 20.1 Å². The molecule has 1 amide bonds. The van der Waals surface area contributed by atoms with Crippen LogP contribution in [0.2, 0.25) is 0 Å². The SMILES string of the molecule is COc1cccc([C@@H]2C3=C(CCCC3=O)N=C(C)C2C(=O)Nc2ccccc2C)c1OC. The number of aryl methyl sites for hydroxylation is 1. The lowest BCUT2D eigenvalue weighted by molar-refractivity contribution is -0.119. The maximum absolute atomic E-state index is 13.7. The first-order chi connectivity index (χ1) is 15.5. The highest BCUT2D eigenvalue weighted by Gasteiger charge is 2.43. The van der Waals surface area contributed by atoms with Gasteiger partial charge in [-0.2, -0.15) is 0 Å². The molecule has 6 heteroatoms. The van der Waals surface area contributed by atoms with Crippen molar-refractivity contribution >= 4 is 23.1 Å². The van der Waals surface area contributed by atoms with Gasteiger partial charge in [-0.25, -0.2) is 0 Å². The molecule has 0 bridgehead atoms. The zero-order valence-electron chi connectivity index (χ0n) is 18.9. The molecule has 166 valence electrons. The number of para-hydroxylation sites is 2. The molecule has 0 fully saturated rings. The van der Waals surface area contributed by atoms with Gasteiger partial charge in [0, 0.05) is 40.6 Å². The van der Waals surface area contributed by atoms with E-state index in [4.69, 9.17) is 14.5 Å². The predicted octanol–water partition coefficient (Wildman–Crippen LogP) is 4.83. The highest BCUT2D eigenvalue weighted by molar-refractivity contribution is 6.13. The molecule has 0 saturated heterocycles. The van der Waals surface area contributed by atoms with Crippen molar-refractivity contribution < 1.29 is 19.1 Å². The molecule has 2 aromatic rings. The Morgan fingerprint density at radius 2 is 1.81 bits per heavy atom. The van der Waals surface area contributed by atoms with E-state index in [-0.39, 0.29) is 11.7 Å². The summed E-state index contributed by atoms with van der Waals surface area (Å²) in [5.74, 6) is -0.186. The number of ether oxygens (including phenoxy) is 2. The first kappa shape index (κ1) is 21.8. The van der Waals surface area contributed by atoms with Gasteiger partial charge in [0.1, 0.15) is 0 Å². The van der Waals surface area contributed by atoms with Crippen LogP contribution in [0.5, 0.6) is 11.5 Å². The molecule has 1 N–H and O–H groups in total. The third kappa shape index (κ3) is 3.81. The van der Waals surface area contributed by atoms with Crippen molar-refractivity contribution in [2.75, 3.05) is 19.5 Å². The van der Waals surface area contributed by atoms with Gasteiger partial charge in [0.2, 0.25) is 5.91 Å². The van der Waals surface area contributed by atoms with Gasteiger partial charge in [0.15, 0.2) is 17.3 Å². The fourth-order valence-electron chi connectivity index (χ4n) is 4.76. The Balaban J connectivity index is 1.86. The quantitative estimate of drug-likeness (QED) is 0.734. The normalized spacial score (nSPS) is 20.4. The second-order valence-corrected chi connectivity index (χ2v) is 8.23. The molecule has 2 aliphatic rings. The summed E-state index contributed by atoms with van der Waals surface area (Å²) in [6.45, 7) is 3.82. The molecule has 0 aromatic heterocycles. The van der Waals surface area contributed by atoms with Crippen LogP contribution < -0.4 is 14.8 Å². The van der Waals surface area contributed by atoms with E-state index in [1.807, 2.05) is 56.3 Å². The van der Waals surface area contributed by atoms with Gasteiger partial charge in [-0.3, -0.25) is 14.6 Å². The van der Waals surface area contributed by atoms with Crippen LogP contribution in [-0.2, 0) is 9.59 Å². The van der Waals surface area contributed by atoms with E-state index in [0.717, 1.165) is 35.4 Å². The minimum atomic E-state index is -0.642. The predicted molar refractivity (Wildman–Crippen MR) is 125 cm³/mol. The molecule has 4 rings (SSSR count). The van der Waals surface area contributed by atoms with Crippen LogP contribution in [0.1, 0.15) is 43.2 Å². The second-order valence-electron chi connectivity index (χ2n) is 8.23. The number of rotatable bonds is 5. The maximum Gasteiger partial charge on any atom is 0.234 e. The Morgan fingerprint density at radius 3 is 2.53 bits per heavy atom. The molecule has 1 heterocycles. The Kier molecular flexibility index (Phi) is 6.12. The molecular weight excluding hydrogens is 404 g/mol. The summed E-state index contributed by atoms with van der Waals surface area (Å²) in [7, 11) is 3.15. The minimum Gasteiger partial charge on any atom is -0.493 e. The number of carbonyl (C=O) groups is 2. The number of nitrogens with one attached hydrogen (secondary N) is 1. The second kappa shape index (κ2) is 8.99. The van der Waals surface area contributed by atoms with Gasteiger partial charge >= 0.3 is 0 Å². The third-order valence-corrected chi connectivity index (χ3v) is 6.29. The van der Waals surface area contributed by atoms with Crippen LogP contribution in [0.25, 0.3) is 0 Å². The van der Waals surface area contributed by atoms with Crippen molar-refractivity contribution in [2.24, 2.45) is 10.9 Å². The van der Waals surface area contributed by atoms with Crippen LogP contribution in [0.3, 0.4) is 0 Å². The zero-order valence-corrected chi connectivity index (χ0v) is 18.9. The lowest BCUT2D eigenvalue weighted by atomic mass is 9.71. The molecule has 2 aromatic carbocycles. The largest absolute Gasteiger partial charge is 0.493 e.